The van der Waals surface area contributed by atoms with Crippen LogP contribution >= 0.6 is 0 Å². The third-order valence-corrected chi connectivity index (χ3v) is 3.83. The quantitative estimate of drug-likeness (QED) is 0.780. The molecule has 0 saturated heterocycles. The number of aryl methyl sites for hydroxylation is 1. The minimum atomic E-state index is 0.103. The molecule has 3 nitrogen and oxygen atoms in total. The molecule has 1 aromatic carbocycles. The lowest BCUT2D eigenvalue weighted by Gasteiger charge is -2.08. The van der Waals surface area contributed by atoms with Crippen molar-refractivity contribution < 1.29 is 5.11 Å². The van der Waals surface area contributed by atoms with Gasteiger partial charge in [0.05, 0.1) is 5.52 Å². The Morgan fingerprint density at radius 3 is 2.65 bits per heavy atom. The SMILES string of the molecule is CCCCCCCc1c(C)[nH]c2cc(O)ccc2c1=O. The molecule has 0 bridgehead atoms. The molecule has 0 aliphatic heterocycles. The van der Waals surface area contributed by atoms with Crippen molar-refractivity contribution in [2.75, 3.05) is 0 Å². The van der Waals surface area contributed by atoms with Crippen LogP contribution in [0.15, 0.2) is 23.0 Å². The van der Waals surface area contributed by atoms with Crippen LogP contribution in [-0.2, 0) is 6.42 Å². The van der Waals surface area contributed by atoms with Gasteiger partial charge in [0.2, 0.25) is 0 Å². The number of phenols is 1. The topological polar surface area (TPSA) is 53.1 Å². The molecule has 2 aromatic rings. The van der Waals surface area contributed by atoms with E-state index >= 15 is 0 Å². The summed E-state index contributed by atoms with van der Waals surface area (Å²) < 4.78 is 0. The summed E-state index contributed by atoms with van der Waals surface area (Å²) in [6.45, 7) is 4.14. The first-order valence-corrected chi connectivity index (χ1v) is 7.48. The summed E-state index contributed by atoms with van der Waals surface area (Å²) in [5.74, 6) is 0.180. The van der Waals surface area contributed by atoms with Gasteiger partial charge in [0.1, 0.15) is 5.75 Å². The fraction of sp³-hybridized carbons (Fsp3) is 0.471. The third kappa shape index (κ3) is 3.21. The number of rotatable bonds is 6. The Kier molecular flexibility index (Phi) is 4.83. The van der Waals surface area contributed by atoms with Gasteiger partial charge >= 0.3 is 0 Å². The first-order valence-electron chi connectivity index (χ1n) is 7.48. The zero-order valence-electron chi connectivity index (χ0n) is 12.3. The lowest BCUT2D eigenvalue weighted by molar-refractivity contribution is 0.476. The predicted molar refractivity (Wildman–Crippen MR) is 83.4 cm³/mol. The van der Waals surface area contributed by atoms with Gasteiger partial charge in [0.25, 0.3) is 0 Å². The van der Waals surface area contributed by atoms with Gasteiger partial charge < -0.3 is 10.1 Å². The fourth-order valence-corrected chi connectivity index (χ4v) is 2.65. The van der Waals surface area contributed by atoms with Crippen LogP contribution in [-0.4, -0.2) is 10.1 Å². The number of phenolic OH excluding ortho intramolecular Hbond substituents is 1. The number of nitrogens with one attached hydrogen (secondary N) is 1. The summed E-state index contributed by atoms with van der Waals surface area (Å²) in [5.41, 5.74) is 2.62. The number of hydrogen-bond acceptors (Lipinski definition) is 2. The second-order valence-electron chi connectivity index (χ2n) is 5.45. The van der Waals surface area contributed by atoms with Gasteiger partial charge in [-0.05, 0) is 31.9 Å². The number of hydrogen-bond donors (Lipinski definition) is 2. The van der Waals surface area contributed by atoms with Crippen LogP contribution in [0.5, 0.6) is 5.75 Å². The minimum absolute atomic E-state index is 0.103. The highest BCUT2D eigenvalue weighted by atomic mass is 16.3. The van der Waals surface area contributed by atoms with Crippen LogP contribution in [0.3, 0.4) is 0 Å². The molecular weight excluding hydrogens is 250 g/mol. The Morgan fingerprint density at radius 2 is 1.90 bits per heavy atom. The molecule has 0 amide bonds. The van der Waals surface area contributed by atoms with Crippen LogP contribution in [0.2, 0.25) is 0 Å². The summed E-state index contributed by atoms with van der Waals surface area (Å²) in [6, 6.07) is 4.87. The van der Waals surface area contributed by atoms with Crippen molar-refractivity contribution in [3.8, 4) is 5.75 Å². The lowest BCUT2D eigenvalue weighted by Crippen LogP contribution is -2.13. The van der Waals surface area contributed by atoms with Crippen LogP contribution in [0.25, 0.3) is 10.9 Å². The average Bonchev–Trinajstić information content (AvgIpc) is 2.41. The summed E-state index contributed by atoms with van der Waals surface area (Å²) in [4.78, 5) is 15.7. The molecule has 0 spiro atoms. The Hall–Kier alpha value is -1.77. The van der Waals surface area contributed by atoms with Gasteiger partial charge in [-0.15, -0.1) is 0 Å². The van der Waals surface area contributed by atoms with E-state index in [0.29, 0.717) is 10.9 Å². The molecule has 2 rings (SSSR count). The first-order chi connectivity index (χ1) is 9.63. The van der Waals surface area contributed by atoms with Gasteiger partial charge in [-0.1, -0.05) is 32.6 Å². The first kappa shape index (κ1) is 14.6. The lowest BCUT2D eigenvalue weighted by atomic mass is 10.0. The number of aromatic hydroxyl groups is 1. The Labute approximate surface area is 119 Å². The zero-order valence-corrected chi connectivity index (χ0v) is 12.3. The second-order valence-corrected chi connectivity index (χ2v) is 5.45. The van der Waals surface area contributed by atoms with E-state index in [-0.39, 0.29) is 11.2 Å². The second kappa shape index (κ2) is 6.60. The van der Waals surface area contributed by atoms with Crippen molar-refractivity contribution in [2.24, 2.45) is 0 Å². The maximum Gasteiger partial charge on any atom is 0.192 e. The molecule has 108 valence electrons. The third-order valence-electron chi connectivity index (χ3n) is 3.83. The molecule has 0 aliphatic carbocycles. The van der Waals surface area contributed by atoms with Crippen LogP contribution in [0.4, 0.5) is 0 Å². The molecule has 0 unspecified atom stereocenters. The van der Waals surface area contributed by atoms with Gasteiger partial charge in [-0.3, -0.25) is 4.79 Å². The molecule has 2 N–H and O–H groups in total. The number of aromatic nitrogens is 1. The summed E-state index contributed by atoms with van der Waals surface area (Å²) in [7, 11) is 0. The number of fused-ring (bicyclic) bond motifs is 1. The van der Waals surface area contributed by atoms with Crippen molar-refractivity contribution in [1.29, 1.82) is 0 Å². The van der Waals surface area contributed by atoms with Gasteiger partial charge in [-0.25, -0.2) is 0 Å². The number of aromatic amines is 1. The highest BCUT2D eigenvalue weighted by molar-refractivity contribution is 5.80. The Balaban J connectivity index is 2.21. The average molecular weight is 273 g/mol. The predicted octanol–water partition coefficient (Wildman–Crippen LogP) is 4.06. The monoisotopic (exact) mass is 273 g/mol. The van der Waals surface area contributed by atoms with E-state index in [2.05, 4.69) is 11.9 Å². The van der Waals surface area contributed by atoms with E-state index < -0.39 is 0 Å². The van der Waals surface area contributed by atoms with Crippen molar-refractivity contribution >= 4 is 10.9 Å². The van der Waals surface area contributed by atoms with E-state index in [4.69, 9.17) is 0 Å². The number of benzene rings is 1. The van der Waals surface area contributed by atoms with Crippen LogP contribution in [0.1, 0.15) is 50.3 Å². The maximum atomic E-state index is 12.5. The highest BCUT2D eigenvalue weighted by Gasteiger charge is 2.09. The molecule has 0 radical (unpaired) electrons. The van der Waals surface area contributed by atoms with Gasteiger partial charge in [0.15, 0.2) is 5.43 Å². The molecule has 1 heterocycles. The van der Waals surface area contributed by atoms with E-state index in [1.165, 1.54) is 25.7 Å². The molecule has 0 aliphatic rings. The van der Waals surface area contributed by atoms with Crippen LogP contribution in [0, 0.1) is 6.92 Å². The normalized spacial score (nSPS) is 11.1. The van der Waals surface area contributed by atoms with Gasteiger partial charge in [0, 0.05) is 22.7 Å². The molecule has 0 saturated carbocycles. The van der Waals surface area contributed by atoms with E-state index in [9.17, 15) is 9.90 Å². The molecular formula is C17H23NO2. The van der Waals surface area contributed by atoms with Crippen molar-refractivity contribution in [3.05, 3.63) is 39.7 Å². The maximum absolute atomic E-state index is 12.5. The smallest absolute Gasteiger partial charge is 0.192 e. The summed E-state index contributed by atoms with van der Waals surface area (Å²) in [5, 5.41) is 10.1. The highest BCUT2D eigenvalue weighted by Crippen LogP contribution is 2.18. The van der Waals surface area contributed by atoms with E-state index in [0.717, 1.165) is 24.1 Å². The van der Waals surface area contributed by atoms with Crippen LogP contribution < -0.4 is 5.43 Å². The summed E-state index contributed by atoms with van der Waals surface area (Å²) >= 11 is 0. The van der Waals surface area contributed by atoms with Gasteiger partial charge in [-0.2, -0.15) is 0 Å². The number of pyridine rings is 1. The number of H-pyrrole nitrogens is 1. The standard InChI is InChI=1S/C17H23NO2/c1-3-4-5-6-7-8-14-12(2)18-16-11-13(19)9-10-15(16)17(14)20/h9-11,19H,3-8H2,1-2H3,(H,18,20). The summed E-state index contributed by atoms with van der Waals surface area (Å²) in [6.07, 6.45) is 6.83. The Morgan fingerprint density at radius 1 is 1.15 bits per heavy atom. The number of unbranched alkanes of at least 4 members (excludes halogenated alkanes) is 4. The largest absolute Gasteiger partial charge is 0.508 e. The Bertz CT molecular complexity index is 643. The fourth-order valence-electron chi connectivity index (χ4n) is 2.65. The van der Waals surface area contributed by atoms with Crippen molar-refractivity contribution in [3.63, 3.8) is 0 Å². The minimum Gasteiger partial charge on any atom is -0.508 e. The molecule has 20 heavy (non-hydrogen) atoms. The van der Waals surface area contributed by atoms with Crippen molar-refractivity contribution in [2.45, 2.75) is 52.4 Å². The molecule has 1 aromatic heterocycles. The molecule has 0 atom stereocenters. The zero-order chi connectivity index (χ0) is 14.5. The van der Waals surface area contributed by atoms with E-state index in [1.807, 2.05) is 6.92 Å². The van der Waals surface area contributed by atoms with E-state index in [1.54, 1.807) is 18.2 Å². The molecule has 0 fully saturated rings. The van der Waals surface area contributed by atoms with Crippen molar-refractivity contribution in [1.82, 2.24) is 4.98 Å². The molecule has 3 heteroatoms.